The van der Waals surface area contributed by atoms with Crippen molar-refractivity contribution in [2.45, 2.75) is 32.2 Å². The zero-order valence-corrected chi connectivity index (χ0v) is 9.28. The molecule has 0 aromatic rings. The van der Waals surface area contributed by atoms with Gasteiger partial charge in [-0.1, -0.05) is 13.3 Å². The van der Waals surface area contributed by atoms with E-state index in [2.05, 4.69) is 6.92 Å². The third-order valence-electron chi connectivity index (χ3n) is 1.86. The summed E-state index contributed by atoms with van der Waals surface area (Å²) in [6.45, 7) is 3.29. The fourth-order valence-electron chi connectivity index (χ4n) is 0.914. The predicted molar refractivity (Wildman–Crippen MR) is 56.4 cm³/mol. The maximum atomic E-state index is 11.1. The molecule has 0 rings (SSSR count). The van der Waals surface area contributed by atoms with Gasteiger partial charge >= 0.3 is 5.97 Å². The van der Waals surface area contributed by atoms with Gasteiger partial charge in [-0.15, -0.1) is 0 Å². The van der Waals surface area contributed by atoms with Crippen molar-refractivity contribution >= 4 is 5.97 Å². The summed E-state index contributed by atoms with van der Waals surface area (Å²) < 4.78 is 10.0. The van der Waals surface area contributed by atoms with E-state index in [1.807, 2.05) is 0 Å². The molecule has 1 atom stereocenters. The van der Waals surface area contributed by atoms with E-state index >= 15 is 0 Å². The topological polar surface area (TPSA) is 81.8 Å². The van der Waals surface area contributed by atoms with Gasteiger partial charge in [-0.2, -0.15) is 0 Å². The van der Waals surface area contributed by atoms with Crippen molar-refractivity contribution in [3.05, 3.63) is 0 Å². The number of ether oxygens (including phenoxy) is 2. The highest BCUT2D eigenvalue weighted by Gasteiger charge is 2.13. The molecule has 5 nitrogen and oxygen atoms in total. The second kappa shape index (κ2) is 9.89. The highest BCUT2D eigenvalue weighted by molar-refractivity contribution is 5.75. The molecule has 5 heteroatoms. The Morgan fingerprint density at radius 1 is 1.40 bits per heavy atom. The Hall–Kier alpha value is -0.650. The Morgan fingerprint density at radius 3 is 2.73 bits per heavy atom. The third-order valence-corrected chi connectivity index (χ3v) is 1.86. The predicted octanol–water partition coefficient (Wildman–Crippen LogP) is 0.0560. The summed E-state index contributed by atoms with van der Waals surface area (Å²) in [6, 6.07) is -0.731. The summed E-state index contributed by atoms with van der Waals surface area (Å²) >= 11 is 0. The molecule has 0 saturated heterocycles. The molecule has 90 valence electrons. The van der Waals surface area contributed by atoms with Crippen molar-refractivity contribution in [3.8, 4) is 0 Å². The molecule has 15 heavy (non-hydrogen) atoms. The van der Waals surface area contributed by atoms with Gasteiger partial charge in [-0.05, 0) is 12.8 Å². The molecular weight excluding hydrogens is 198 g/mol. The largest absolute Gasteiger partial charge is 0.462 e. The molecule has 0 heterocycles. The lowest BCUT2D eigenvalue weighted by Gasteiger charge is -2.10. The lowest BCUT2D eigenvalue weighted by Crippen LogP contribution is -2.33. The van der Waals surface area contributed by atoms with Crippen LogP contribution in [0, 0.1) is 0 Å². The van der Waals surface area contributed by atoms with Gasteiger partial charge in [0.05, 0.1) is 6.61 Å². The number of hydrogen-bond donors (Lipinski definition) is 2. The van der Waals surface area contributed by atoms with Crippen LogP contribution in [0.1, 0.15) is 26.2 Å². The minimum absolute atomic E-state index is 0.108. The monoisotopic (exact) mass is 219 g/mol. The Labute approximate surface area is 90.5 Å². The SMILES string of the molecule is CCCCOCCOC(=O)C(N)CCO. The second-order valence-electron chi connectivity index (χ2n) is 3.25. The van der Waals surface area contributed by atoms with Crippen LogP contribution in [0.2, 0.25) is 0 Å². The van der Waals surface area contributed by atoms with E-state index in [4.69, 9.17) is 20.3 Å². The number of nitrogens with two attached hydrogens (primary N) is 1. The maximum absolute atomic E-state index is 11.1. The quantitative estimate of drug-likeness (QED) is 0.423. The smallest absolute Gasteiger partial charge is 0.323 e. The van der Waals surface area contributed by atoms with E-state index in [1.165, 1.54) is 0 Å². The number of aliphatic hydroxyl groups is 1. The molecule has 0 amide bonds. The van der Waals surface area contributed by atoms with Crippen molar-refractivity contribution in [1.82, 2.24) is 0 Å². The highest BCUT2D eigenvalue weighted by atomic mass is 16.6. The first-order valence-electron chi connectivity index (χ1n) is 5.33. The second-order valence-corrected chi connectivity index (χ2v) is 3.25. The van der Waals surface area contributed by atoms with Gasteiger partial charge in [0.25, 0.3) is 0 Å². The summed E-state index contributed by atoms with van der Waals surface area (Å²) in [6.07, 6.45) is 2.33. The van der Waals surface area contributed by atoms with Gasteiger partial charge in [0.2, 0.25) is 0 Å². The molecule has 0 aromatic heterocycles. The number of hydrogen-bond acceptors (Lipinski definition) is 5. The molecule has 0 fully saturated rings. The van der Waals surface area contributed by atoms with E-state index in [9.17, 15) is 4.79 Å². The van der Waals surface area contributed by atoms with Crippen LogP contribution in [0.3, 0.4) is 0 Å². The summed E-state index contributed by atoms with van der Waals surface area (Å²) in [5, 5.41) is 8.54. The summed E-state index contributed by atoms with van der Waals surface area (Å²) in [4.78, 5) is 11.1. The van der Waals surface area contributed by atoms with Crippen LogP contribution in [0.25, 0.3) is 0 Å². The zero-order valence-electron chi connectivity index (χ0n) is 9.28. The fourth-order valence-corrected chi connectivity index (χ4v) is 0.914. The summed E-state index contributed by atoms with van der Waals surface area (Å²) in [7, 11) is 0. The zero-order chi connectivity index (χ0) is 11.5. The van der Waals surface area contributed by atoms with Crippen molar-refractivity contribution < 1.29 is 19.4 Å². The van der Waals surface area contributed by atoms with Gasteiger partial charge in [0.15, 0.2) is 0 Å². The van der Waals surface area contributed by atoms with Crippen LogP contribution in [-0.2, 0) is 14.3 Å². The molecule has 0 aliphatic carbocycles. The van der Waals surface area contributed by atoms with E-state index < -0.39 is 12.0 Å². The molecule has 0 aromatic carbocycles. The molecule has 0 spiro atoms. The normalized spacial score (nSPS) is 12.5. The average molecular weight is 219 g/mol. The lowest BCUT2D eigenvalue weighted by molar-refractivity contribution is -0.147. The summed E-state index contributed by atoms with van der Waals surface area (Å²) in [5.74, 6) is -0.483. The fraction of sp³-hybridized carbons (Fsp3) is 0.900. The number of esters is 1. The number of carbonyl (C=O) groups excluding carboxylic acids is 1. The first kappa shape index (κ1) is 14.3. The van der Waals surface area contributed by atoms with E-state index in [0.717, 1.165) is 12.8 Å². The maximum Gasteiger partial charge on any atom is 0.323 e. The van der Waals surface area contributed by atoms with Crippen LogP contribution >= 0.6 is 0 Å². The van der Waals surface area contributed by atoms with Crippen molar-refractivity contribution in [2.75, 3.05) is 26.4 Å². The van der Waals surface area contributed by atoms with Crippen LogP contribution in [0.4, 0.5) is 0 Å². The van der Waals surface area contributed by atoms with Gasteiger partial charge < -0.3 is 20.3 Å². The highest BCUT2D eigenvalue weighted by Crippen LogP contribution is 1.92. The van der Waals surface area contributed by atoms with Crippen molar-refractivity contribution in [3.63, 3.8) is 0 Å². The minimum Gasteiger partial charge on any atom is -0.462 e. The van der Waals surface area contributed by atoms with Crippen molar-refractivity contribution in [2.24, 2.45) is 5.73 Å². The lowest BCUT2D eigenvalue weighted by atomic mass is 10.2. The van der Waals surface area contributed by atoms with Crippen LogP contribution in [0.15, 0.2) is 0 Å². The molecular formula is C10H21NO4. The Balaban J connectivity index is 3.30. The minimum atomic E-state index is -0.731. The number of rotatable bonds is 9. The Bertz CT molecular complexity index is 164. The van der Waals surface area contributed by atoms with Gasteiger partial charge in [-0.3, -0.25) is 4.79 Å². The van der Waals surface area contributed by atoms with E-state index in [-0.39, 0.29) is 19.6 Å². The molecule has 1 unspecified atom stereocenters. The van der Waals surface area contributed by atoms with Crippen LogP contribution < -0.4 is 5.73 Å². The van der Waals surface area contributed by atoms with E-state index in [0.29, 0.717) is 13.2 Å². The van der Waals surface area contributed by atoms with Gasteiger partial charge in [0.1, 0.15) is 12.6 Å². The first-order valence-corrected chi connectivity index (χ1v) is 5.33. The molecule has 0 aliphatic heterocycles. The third kappa shape index (κ3) is 8.35. The van der Waals surface area contributed by atoms with Gasteiger partial charge in [-0.25, -0.2) is 0 Å². The Morgan fingerprint density at radius 2 is 2.13 bits per heavy atom. The van der Waals surface area contributed by atoms with Crippen LogP contribution in [0.5, 0.6) is 0 Å². The van der Waals surface area contributed by atoms with Gasteiger partial charge in [0, 0.05) is 13.2 Å². The summed E-state index contributed by atoms with van der Waals surface area (Å²) in [5.41, 5.74) is 5.41. The molecule has 0 bridgehead atoms. The standard InChI is InChI=1S/C10H21NO4/c1-2-3-6-14-7-8-15-10(13)9(11)4-5-12/h9,12H,2-8,11H2,1H3. The van der Waals surface area contributed by atoms with E-state index in [1.54, 1.807) is 0 Å². The first-order chi connectivity index (χ1) is 7.22. The number of carbonyl (C=O) groups is 1. The molecule has 0 radical (unpaired) electrons. The molecule has 3 N–H and O–H groups in total. The van der Waals surface area contributed by atoms with Crippen molar-refractivity contribution in [1.29, 1.82) is 0 Å². The molecule has 0 saturated carbocycles. The average Bonchev–Trinajstić information content (AvgIpc) is 2.23. The van der Waals surface area contributed by atoms with Crippen LogP contribution in [-0.4, -0.2) is 43.5 Å². The molecule has 0 aliphatic rings. The number of unbranched alkanes of at least 4 members (excludes halogenated alkanes) is 1. The number of aliphatic hydroxyl groups excluding tert-OH is 1. The Kier molecular flexibility index (Phi) is 9.46.